The molecule has 0 aromatic rings. The maximum absolute atomic E-state index is 12.4. The maximum Gasteiger partial charge on any atom is 0.223 e. The molecule has 1 amide bonds. The van der Waals surface area contributed by atoms with Gasteiger partial charge in [0.25, 0.3) is 0 Å². The van der Waals surface area contributed by atoms with Crippen LogP contribution in [0.3, 0.4) is 0 Å². The zero-order valence-electron chi connectivity index (χ0n) is 12.6. The van der Waals surface area contributed by atoms with E-state index in [1.807, 2.05) is 0 Å². The minimum absolute atomic E-state index is 0.124. The fourth-order valence-electron chi connectivity index (χ4n) is 3.50. The van der Waals surface area contributed by atoms with E-state index in [1.54, 1.807) is 0 Å². The van der Waals surface area contributed by atoms with Crippen molar-refractivity contribution < 1.29 is 4.79 Å². The van der Waals surface area contributed by atoms with Crippen LogP contribution >= 0.6 is 0 Å². The molecule has 4 heteroatoms. The van der Waals surface area contributed by atoms with Crippen molar-refractivity contribution in [1.82, 2.24) is 10.2 Å². The summed E-state index contributed by atoms with van der Waals surface area (Å²) in [4.78, 5) is 14.8. The largest absolute Gasteiger partial charge is 0.353 e. The van der Waals surface area contributed by atoms with Crippen molar-refractivity contribution in [2.75, 3.05) is 13.6 Å². The minimum atomic E-state index is 0.124. The van der Waals surface area contributed by atoms with Crippen molar-refractivity contribution >= 4 is 5.91 Å². The molecule has 2 fully saturated rings. The van der Waals surface area contributed by atoms with Crippen molar-refractivity contribution in [2.45, 2.75) is 64.1 Å². The highest BCUT2D eigenvalue weighted by Gasteiger charge is 2.34. The van der Waals surface area contributed by atoms with E-state index in [4.69, 9.17) is 5.73 Å². The molecule has 0 radical (unpaired) electrons. The van der Waals surface area contributed by atoms with Crippen LogP contribution in [0.1, 0.15) is 46.0 Å². The highest BCUT2D eigenvalue weighted by Crippen LogP contribution is 2.29. The Morgan fingerprint density at radius 3 is 2.68 bits per heavy atom. The number of nitrogens with zero attached hydrogens (tertiary/aromatic N) is 1. The number of carbonyl (C=O) groups excluding carboxylic acids is 1. The van der Waals surface area contributed by atoms with Gasteiger partial charge in [-0.1, -0.05) is 13.3 Å². The molecule has 1 saturated heterocycles. The topological polar surface area (TPSA) is 58.4 Å². The first-order chi connectivity index (χ1) is 8.99. The average Bonchev–Trinajstić information content (AvgIpc) is 2.37. The van der Waals surface area contributed by atoms with E-state index >= 15 is 0 Å². The van der Waals surface area contributed by atoms with Crippen LogP contribution in [-0.2, 0) is 4.79 Å². The molecule has 1 aliphatic heterocycles. The number of rotatable bonds is 2. The number of likely N-dealkylation sites (tertiary alicyclic amines) is 1. The quantitative estimate of drug-likeness (QED) is 0.794. The first-order valence-electron chi connectivity index (χ1n) is 7.75. The Morgan fingerprint density at radius 2 is 2.00 bits per heavy atom. The molecule has 1 saturated carbocycles. The second kappa shape index (κ2) is 6.23. The Morgan fingerprint density at radius 1 is 1.26 bits per heavy atom. The van der Waals surface area contributed by atoms with Gasteiger partial charge in [0, 0.05) is 30.6 Å². The molecule has 3 N–H and O–H groups in total. The highest BCUT2D eigenvalue weighted by molar-refractivity contribution is 5.79. The summed E-state index contributed by atoms with van der Waals surface area (Å²) in [6.45, 7) is 5.44. The Kier molecular flexibility index (Phi) is 4.85. The number of amides is 1. The van der Waals surface area contributed by atoms with E-state index in [-0.39, 0.29) is 17.9 Å². The molecular formula is C15H29N3O. The summed E-state index contributed by atoms with van der Waals surface area (Å²) < 4.78 is 0. The van der Waals surface area contributed by atoms with E-state index in [1.165, 1.54) is 0 Å². The van der Waals surface area contributed by atoms with Crippen molar-refractivity contribution in [3.8, 4) is 0 Å². The van der Waals surface area contributed by atoms with Gasteiger partial charge in [-0.3, -0.25) is 4.79 Å². The Bertz CT molecular complexity index is 321. The molecule has 5 atom stereocenters. The minimum Gasteiger partial charge on any atom is -0.353 e. The number of nitrogens with one attached hydrogen (secondary N) is 1. The third-order valence-corrected chi connectivity index (χ3v) is 5.25. The molecule has 0 aromatic heterocycles. The van der Waals surface area contributed by atoms with Gasteiger partial charge >= 0.3 is 0 Å². The molecular weight excluding hydrogens is 238 g/mol. The molecule has 1 heterocycles. The van der Waals surface area contributed by atoms with E-state index in [2.05, 4.69) is 31.1 Å². The number of nitrogens with two attached hydrogens (primary N) is 1. The molecule has 4 nitrogen and oxygen atoms in total. The normalized spacial score (nSPS) is 40.9. The molecule has 19 heavy (non-hydrogen) atoms. The predicted octanol–water partition coefficient (Wildman–Crippen LogP) is 1.35. The number of piperidine rings is 1. The number of hydrogen-bond donors (Lipinski definition) is 2. The van der Waals surface area contributed by atoms with Crippen LogP contribution in [0.25, 0.3) is 0 Å². The van der Waals surface area contributed by atoms with Crippen LogP contribution in [0.4, 0.5) is 0 Å². The number of carbonyl (C=O) groups is 1. The lowest BCUT2D eigenvalue weighted by Gasteiger charge is -2.38. The fraction of sp³-hybridized carbons (Fsp3) is 0.933. The van der Waals surface area contributed by atoms with E-state index in [9.17, 15) is 4.79 Å². The summed E-state index contributed by atoms with van der Waals surface area (Å²) in [5, 5.41) is 3.27. The van der Waals surface area contributed by atoms with Gasteiger partial charge in [0.15, 0.2) is 0 Å². The molecule has 5 unspecified atom stereocenters. The van der Waals surface area contributed by atoms with E-state index in [0.29, 0.717) is 18.0 Å². The molecule has 1 aliphatic carbocycles. The van der Waals surface area contributed by atoms with E-state index < -0.39 is 0 Å². The molecule has 0 bridgehead atoms. The molecule has 0 spiro atoms. The monoisotopic (exact) mass is 267 g/mol. The summed E-state index contributed by atoms with van der Waals surface area (Å²) in [5.74, 6) is 0.681. The van der Waals surface area contributed by atoms with Crippen LogP contribution in [0, 0.1) is 11.8 Å². The first kappa shape index (κ1) is 14.8. The van der Waals surface area contributed by atoms with Gasteiger partial charge in [-0.2, -0.15) is 0 Å². The summed E-state index contributed by atoms with van der Waals surface area (Å²) in [5.41, 5.74) is 6.09. The van der Waals surface area contributed by atoms with Gasteiger partial charge in [-0.15, -0.1) is 0 Å². The van der Waals surface area contributed by atoms with Crippen LogP contribution < -0.4 is 11.1 Å². The van der Waals surface area contributed by atoms with Gasteiger partial charge in [0.1, 0.15) is 0 Å². The Labute approximate surface area is 117 Å². The van der Waals surface area contributed by atoms with Crippen molar-refractivity contribution in [3.05, 3.63) is 0 Å². The second-order valence-corrected chi connectivity index (χ2v) is 6.62. The first-order valence-corrected chi connectivity index (χ1v) is 7.75. The summed E-state index contributed by atoms with van der Waals surface area (Å²) in [6, 6.07) is 1.11. The van der Waals surface area contributed by atoms with Crippen LogP contribution in [-0.4, -0.2) is 42.5 Å². The highest BCUT2D eigenvalue weighted by atomic mass is 16.2. The SMILES string of the molecule is CC1C(N)CCCC1C(=O)NC1CCN(C)C(C)C1. The fourth-order valence-corrected chi connectivity index (χ4v) is 3.50. The van der Waals surface area contributed by atoms with Crippen molar-refractivity contribution in [3.63, 3.8) is 0 Å². The summed E-state index contributed by atoms with van der Waals surface area (Å²) >= 11 is 0. The van der Waals surface area contributed by atoms with Crippen LogP contribution in [0.15, 0.2) is 0 Å². The van der Waals surface area contributed by atoms with Gasteiger partial charge < -0.3 is 16.0 Å². The Balaban J connectivity index is 1.87. The van der Waals surface area contributed by atoms with Gasteiger partial charge in [0.05, 0.1) is 0 Å². The van der Waals surface area contributed by atoms with Crippen molar-refractivity contribution in [2.24, 2.45) is 17.6 Å². The van der Waals surface area contributed by atoms with Crippen molar-refractivity contribution in [1.29, 1.82) is 0 Å². The zero-order valence-corrected chi connectivity index (χ0v) is 12.6. The summed E-state index contributed by atoms with van der Waals surface area (Å²) in [7, 11) is 2.16. The lowest BCUT2D eigenvalue weighted by molar-refractivity contribution is -0.129. The maximum atomic E-state index is 12.4. The lowest BCUT2D eigenvalue weighted by Crippen LogP contribution is -2.51. The third-order valence-electron chi connectivity index (χ3n) is 5.25. The zero-order chi connectivity index (χ0) is 14.0. The molecule has 2 rings (SSSR count). The third kappa shape index (κ3) is 3.48. The molecule has 110 valence electrons. The van der Waals surface area contributed by atoms with Crippen LogP contribution in [0.2, 0.25) is 0 Å². The van der Waals surface area contributed by atoms with Crippen LogP contribution in [0.5, 0.6) is 0 Å². The second-order valence-electron chi connectivity index (χ2n) is 6.62. The molecule has 2 aliphatic rings. The standard InChI is InChI=1S/C15H29N3O/c1-10-9-12(7-8-18(10)3)17-15(19)13-5-4-6-14(16)11(13)2/h10-14H,4-9,16H2,1-3H3,(H,17,19). The van der Waals surface area contributed by atoms with Gasteiger partial charge in [-0.25, -0.2) is 0 Å². The van der Waals surface area contributed by atoms with Gasteiger partial charge in [-0.05, 0) is 45.6 Å². The average molecular weight is 267 g/mol. The summed E-state index contributed by atoms with van der Waals surface area (Å²) in [6.07, 6.45) is 5.29. The predicted molar refractivity (Wildman–Crippen MR) is 77.7 cm³/mol. The van der Waals surface area contributed by atoms with Gasteiger partial charge in [0.2, 0.25) is 5.91 Å². The Hall–Kier alpha value is -0.610. The molecule has 0 aromatic carbocycles. The number of hydrogen-bond acceptors (Lipinski definition) is 3. The van der Waals surface area contributed by atoms with E-state index in [0.717, 1.165) is 38.6 Å². The lowest BCUT2D eigenvalue weighted by atomic mass is 9.76. The smallest absolute Gasteiger partial charge is 0.223 e.